The largest absolute Gasteiger partial charge is 0.490 e. The Morgan fingerprint density at radius 2 is 1.51 bits per heavy atom. The molecule has 39 heavy (non-hydrogen) atoms. The third kappa shape index (κ3) is 11.1. The molecule has 0 amide bonds. The number of carbonyl (C=O) groups is 2. The van der Waals surface area contributed by atoms with E-state index in [-0.39, 0.29) is 0 Å². The van der Waals surface area contributed by atoms with Gasteiger partial charge in [0.1, 0.15) is 0 Å². The molecule has 2 aliphatic rings. The van der Waals surface area contributed by atoms with E-state index in [1.165, 1.54) is 41.5 Å². The predicted octanol–water partition coefficient (Wildman–Crippen LogP) is 4.49. The lowest BCUT2D eigenvalue weighted by Gasteiger charge is -2.24. The van der Waals surface area contributed by atoms with Crippen LogP contribution in [0.5, 0.6) is 0 Å². The molecule has 2 atom stereocenters. The normalized spacial score (nSPS) is 19.7. The van der Waals surface area contributed by atoms with E-state index in [0.29, 0.717) is 18.0 Å². The first kappa shape index (κ1) is 31.8. The van der Waals surface area contributed by atoms with Crippen molar-refractivity contribution in [1.82, 2.24) is 20.4 Å². The molecule has 1 saturated carbocycles. The van der Waals surface area contributed by atoms with Gasteiger partial charge in [-0.15, -0.1) is 0 Å². The van der Waals surface area contributed by atoms with Gasteiger partial charge in [-0.05, 0) is 56.3 Å². The van der Waals surface area contributed by atoms with Crippen LogP contribution in [0, 0.1) is 5.92 Å². The third-order valence-corrected chi connectivity index (χ3v) is 5.99. The van der Waals surface area contributed by atoms with Crippen molar-refractivity contribution in [1.29, 1.82) is 0 Å². The molecule has 1 aliphatic heterocycles. The minimum absolute atomic E-state index is 0.689. The van der Waals surface area contributed by atoms with Crippen LogP contribution in [0.1, 0.15) is 31.7 Å². The molecule has 1 aromatic carbocycles. The second-order valence-corrected chi connectivity index (χ2v) is 9.16. The van der Waals surface area contributed by atoms with Gasteiger partial charge in [-0.25, -0.2) is 9.59 Å². The van der Waals surface area contributed by atoms with Crippen molar-refractivity contribution in [3.63, 3.8) is 0 Å². The lowest BCUT2D eigenvalue weighted by atomic mass is 10.0. The Morgan fingerprint density at radius 3 is 1.95 bits per heavy atom. The fourth-order valence-electron chi connectivity index (χ4n) is 3.89. The van der Waals surface area contributed by atoms with Gasteiger partial charge in [0, 0.05) is 30.9 Å². The highest BCUT2D eigenvalue weighted by Crippen LogP contribution is 2.38. The minimum atomic E-state index is -5.08. The Kier molecular flexibility index (Phi) is 11.1. The average molecular weight is 565 g/mol. The monoisotopic (exact) mass is 564 g/mol. The van der Waals surface area contributed by atoms with E-state index >= 15 is 0 Å². The Labute approximate surface area is 220 Å². The van der Waals surface area contributed by atoms with Crippen molar-refractivity contribution in [2.45, 2.75) is 50.6 Å². The van der Waals surface area contributed by atoms with Crippen LogP contribution in [0.4, 0.5) is 26.3 Å². The molecular weight excluding hydrogens is 534 g/mol. The van der Waals surface area contributed by atoms with Crippen molar-refractivity contribution in [2.75, 3.05) is 13.1 Å². The smallest absolute Gasteiger partial charge is 0.475 e. The van der Waals surface area contributed by atoms with Gasteiger partial charge < -0.3 is 20.8 Å². The average Bonchev–Trinajstić information content (AvgIpc) is 3.48. The Morgan fingerprint density at radius 1 is 1.00 bits per heavy atom. The van der Waals surface area contributed by atoms with Gasteiger partial charge in [0.05, 0.1) is 6.20 Å². The van der Waals surface area contributed by atoms with Crippen LogP contribution < -0.4 is 10.6 Å². The van der Waals surface area contributed by atoms with Crippen LogP contribution in [0.15, 0.2) is 42.2 Å². The highest BCUT2D eigenvalue weighted by Gasteiger charge is 2.40. The molecular formula is C25H30F6N4O4. The third-order valence-electron chi connectivity index (χ3n) is 5.99. The molecule has 1 saturated heterocycles. The number of nitrogens with one attached hydrogen (secondary N) is 2. The molecule has 1 aliphatic carbocycles. The van der Waals surface area contributed by atoms with Gasteiger partial charge in [0.15, 0.2) is 0 Å². The molecule has 216 valence electrons. The van der Waals surface area contributed by atoms with Crippen molar-refractivity contribution >= 4 is 18.0 Å². The van der Waals surface area contributed by atoms with E-state index in [9.17, 15) is 26.3 Å². The Hall–Kier alpha value is -3.39. The van der Waals surface area contributed by atoms with Crippen molar-refractivity contribution in [3.05, 3.63) is 47.8 Å². The summed E-state index contributed by atoms with van der Waals surface area (Å²) < 4.78 is 65.3. The fraction of sp³-hybridized carbons (Fsp3) is 0.480. The van der Waals surface area contributed by atoms with E-state index in [1.807, 2.05) is 17.9 Å². The van der Waals surface area contributed by atoms with E-state index in [1.54, 1.807) is 0 Å². The Balaban J connectivity index is 0.000000317. The lowest BCUT2D eigenvalue weighted by molar-refractivity contribution is -0.193. The van der Waals surface area contributed by atoms with Crippen LogP contribution in [-0.4, -0.2) is 69.5 Å². The summed E-state index contributed by atoms with van der Waals surface area (Å²) in [6, 6.07) is 10.2. The maximum Gasteiger partial charge on any atom is 0.490 e. The molecule has 14 heteroatoms. The number of alkyl halides is 6. The summed E-state index contributed by atoms with van der Waals surface area (Å²) >= 11 is 0. The lowest BCUT2D eigenvalue weighted by Crippen LogP contribution is -2.41. The molecule has 0 radical (unpaired) electrons. The molecule has 4 N–H and O–H groups in total. The first-order chi connectivity index (χ1) is 18.1. The standard InChI is InChI=1S/C21H28N4.2C2HF3O2/c1-15(20-12-21(20)24-19-7-9-22-10-8-19)11-16-3-5-17(6-4-16)18-13-23-25(2)14-18;2*3-2(4,5)1(6)7/h3-6,11,13-14,19-22,24H,7-10,12H2,1-2H3;2*(H,6,7)/b15-11+;;/t20-,21+;;/m0../s1. The zero-order chi connectivity index (χ0) is 29.4. The van der Waals surface area contributed by atoms with Gasteiger partial charge in [0.25, 0.3) is 0 Å². The molecule has 2 fully saturated rings. The molecule has 2 heterocycles. The van der Waals surface area contributed by atoms with E-state index in [4.69, 9.17) is 19.8 Å². The maximum absolute atomic E-state index is 10.6. The maximum atomic E-state index is 10.6. The van der Waals surface area contributed by atoms with Gasteiger partial charge in [-0.2, -0.15) is 31.4 Å². The number of nitrogens with zero attached hydrogens (tertiary/aromatic N) is 2. The predicted molar refractivity (Wildman–Crippen MR) is 131 cm³/mol. The van der Waals surface area contributed by atoms with E-state index in [0.717, 1.165) is 13.1 Å². The number of aliphatic carboxylic acids is 2. The number of carboxylic acid groups (broad SMARTS) is 2. The van der Waals surface area contributed by atoms with Crippen molar-refractivity contribution in [2.24, 2.45) is 13.0 Å². The summed E-state index contributed by atoms with van der Waals surface area (Å²) in [5.41, 5.74) is 5.18. The summed E-state index contributed by atoms with van der Waals surface area (Å²) in [6.45, 7) is 4.60. The number of rotatable bonds is 5. The number of hydrogen-bond donors (Lipinski definition) is 4. The Bertz CT molecular complexity index is 1100. The van der Waals surface area contributed by atoms with Crippen LogP contribution in [0.2, 0.25) is 0 Å². The molecule has 1 aromatic heterocycles. The quantitative estimate of drug-likeness (QED) is 0.396. The van der Waals surface area contributed by atoms with Crippen LogP contribution in [0.25, 0.3) is 17.2 Å². The molecule has 2 aromatic rings. The highest BCUT2D eigenvalue weighted by molar-refractivity contribution is 5.73. The summed E-state index contributed by atoms with van der Waals surface area (Å²) in [5.74, 6) is -4.80. The number of halogens is 6. The number of aromatic nitrogens is 2. The zero-order valence-corrected chi connectivity index (χ0v) is 21.2. The molecule has 4 rings (SSSR count). The van der Waals surface area contributed by atoms with Gasteiger partial charge in [-0.1, -0.05) is 35.9 Å². The fourth-order valence-corrected chi connectivity index (χ4v) is 3.89. The van der Waals surface area contributed by atoms with Crippen LogP contribution in [0.3, 0.4) is 0 Å². The second-order valence-electron chi connectivity index (χ2n) is 9.16. The summed E-state index contributed by atoms with van der Waals surface area (Å²) in [5, 5.41) is 25.8. The van der Waals surface area contributed by atoms with E-state index < -0.39 is 24.3 Å². The number of hydrogen-bond acceptors (Lipinski definition) is 5. The number of carboxylic acids is 2. The second kappa shape index (κ2) is 13.6. The molecule has 0 unspecified atom stereocenters. The zero-order valence-electron chi connectivity index (χ0n) is 21.2. The number of aryl methyl sites for hydroxylation is 1. The van der Waals surface area contributed by atoms with Crippen molar-refractivity contribution < 1.29 is 46.1 Å². The topological polar surface area (TPSA) is 116 Å². The van der Waals surface area contributed by atoms with Gasteiger partial charge in [-0.3, -0.25) is 4.68 Å². The first-order valence-electron chi connectivity index (χ1n) is 11.9. The highest BCUT2D eigenvalue weighted by atomic mass is 19.4. The first-order valence-corrected chi connectivity index (χ1v) is 11.9. The summed E-state index contributed by atoms with van der Waals surface area (Å²) in [4.78, 5) is 17.8. The SMILES string of the molecule is C/C(=C\c1ccc(-c2cnn(C)c2)cc1)[C@@H]1C[C@H]1NC1CCNCC1.O=C(O)C(F)(F)F.O=C(O)C(F)(F)F. The number of benzene rings is 1. The molecule has 0 spiro atoms. The summed E-state index contributed by atoms with van der Waals surface area (Å²) in [6.07, 6.45) is -0.0277. The number of piperidine rings is 1. The van der Waals surface area contributed by atoms with Crippen LogP contribution >= 0.6 is 0 Å². The summed E-state index contributed by atoms with van der Waals surface area (Å²) in [7, 11) is 1.95. The van der Waals surface area contributed by atoms with Gasteiger partial charge in [0.2, 0.25) is 0 Å². The molecule has 0 bridgehead atoms. The molecule has 8 nitrogen and oxygen atoms in total. The van der Waals surface area contributed by atoms with Crippen LogP contribution in [-0.2, 0) is 16.6 Å². The van der Waals surface area contributed by atoms with E-state index in [2.05, 4.69) is 59.2 Å². The van der Waals surface area contributed by atoms with Crippen molar-refractivity contribution in [3.8, 4) is 11.1 Å². The minimum Gasteiger partial charge on any atom is -0.475 e. The van der Waals surface area contributed by atoms with Gasteiger partial charge >= 0.3 is 24.3 Å².